The number of halogens is 1. The SMILES string of the molecule is O=C(CN1CCCC1c1cccc(Cl)c1)Nc1nncs1. The first kappa shape index (κ1) is 14.4. The molecular weight excluding hydrogens is 308 g/mol. The summed E-state index contributed by atoms with van der Waals surface area (Å²) in [6.07, 6.45) is 2.13. The van der Waals surface area contributed by atoms with Gasteiger partial charge in [0.2, 0.25) is 11.0 Å². The summed E-state index contributed by atoms with van der Waals surface area (Å²) in [5, 5.41) is 11.6. The molecule has 5 nitrogen and oxygen atoms in total. The van der Waals surface area contributed by atoms with Crippen molar-refractivity contribution in [1.29, 1.82) is 0 Å². The Bertz CT molecular complexity index is 619. The minimum Gasteiger partial charge on any atom is -0.299 e. The van der Waals surface area contributed by atoms with Crippen LogP contribution in [0.4, 0.5) is 5.13 Å². The van der Waals surface area contributed by atoms with Crippen LogP contribution < -0.4 is 5.32 Å². The number of nitrogens with one attached hydrogen (secondary N) is 1. The lowest BCUT2D eigenvalue weighted by atomic mass is 10.0. The van der Waals surface area contributed by atoms with E-state index in [0.29, 0.717) is 11.7 Å². The molecule has 7 heteroatoms. The average molecular weight is 323 g/mol. The summed E-state index contributed by atoms with van der Waals surface area (Å²) >= 11 is 7.38. The minimum atomic E-state index is -0.0549. The van der Waals surface area contributed by atoms with E-state index in [0.717, 1.165) is 24.4 Å². The zero-order valence-corrected chi connectivity index (χ0v) is 12.9. The molecule has 1 N–H and O–H groups in total. The molecule has 1 aromatic carbocycles. The highest BCUT2D eigenvalue weighted by molar-refractivity contribution is 7.13. The second-order valence-corrected chi connectivity index (χ2v) is 6.25. The topological polar surface area (TPSA) is 58.1 Å². The first-order chi connectivity index (χ1) is 10.2. The zero-order chi connectivity index (χ0) is 14.7. The van der Waals surface area contributed by atoms with Gasteiger partial charge in [-0.15, -0.1) is 10.2 Å². The van der Waals surface area contributed by atoms with Gasteiger partial charge in [-0.2, -0.15) is 0 Å². The van der Waals surface area contributed by atoms with E-state index in [4.69, 9.17) is 11.6 Å². The Labute approximate surface area is 131 Å². The quantitative estimate of drug-likeness (QED) is 0.940. The minimum absolute atomic E-state index is 0.0549. The van der Waals surface area contributed by atoms with Gasteiger partial charge in [0.15, 0.2) is 0 Å². The highest BCUT2D eigenvalue weighted by Gasteiger charge is 2.27. The molecular formula is C14H15ClN4OS. The van der Waals surface area contributed by atoms with E-state index in [9.17, 15) is 4.79 Å². The molecule has 1 aliphatic rings. The van der Waals surface area contributed by atoms with Crippen molar-refractivity contribution in [2.75, 3.05) is 18.4 Å². The largest absolute Gasteiger partial charge is 0.299 e. The Morgan fingerprint density at radius 2 is 2.43 bits per heavy atom. The van der Waals surface area contributed by atoms with Crippen LogP contribution in [0.3, 0.4) is 0 Å². The van der Waals surface area contributed by atoms with Crippen molar-refractivity contribution in [2.45, 2.75) is 18.9 Å². The van der Waals surface area contributed by atoms with Crippen molar-refractivity contribution in [3.05, 3.63) is 40.4 Å². The standard InChI is InChI=1S/C14H15ClN4OS/c15-11-4-1-3-10(7-11)12-5-2-6-19(12)8-13(20)17-14-18-16-9-21-14/h1,3-4,7,9,12H,2,5-6,8H2,(H,17,18,20). The fourth-order valence-corrected chi connectivity index (χ4v) is 3.34. The lowest BCUT2D eigenvalue weighted by Gasteiger charge is -2.24. The highest BCUT2D eigenvalue weighted by Crippen LogP contribution is 2.32. The van der Waals surface area contributed by atoms with Crippen LogP contribution in [0.15, 0.2) is 29.8 Å². The molecule has 1 unspecified atom stereocenters. The Balaban J connectivity index is 1.65. The number of benzene rings is 1. The third-order valence-corrected chi connectivity index (χ3v) is 4.39. The van der Waals surface area contributed by atoms with Crippen molar-refractivity contribution in [3.63, 3.8) is 0 Å². The smallest absolute Gasteiger partial charge is 0.240 e. The molecule has 21 heavy (non-hydrogen) atoms. The molecule has 0 saturated carbocycles. The van der Waals surface area contributed by atoms with Gasteiger partial charge < -0.3 is 0 Å². The van der Waals surface area contributed by atoms with Crippen LogP contribution in [0.2, 0.25) is 5.02 Å². The van der Waals surface area contributed by atoms with Gasteiger partial charge in [0.05, 0.1) is 6.54 Å². The van der Waals surface area contributed by atoms with Crippen LogP contribution in [-0.4, -0.2) is 34.1 Å². The Kier molecular flexibility index (Phi) is 4.48. The molecule has 1 aromatic heterocycles. The van der Waals surface area contributed by atoms with Crippen molar-refractivity contribution in [2.24, 2.45) is 0 Å². The molecule has 1 fully saturated rings. The molecule has 1 saturated heterocycles. The molecule has 2 heterocycles. The fraction of sp³-hybridized carbons (Fsp3) is 0.357. The molecule has 0 aliphatic carbocycles. The van der Waals surface area contributed by atoms with Crippen molar-refractivity contribution < 1.29 is 4.79 Å². The summed E-state index contributed by atoms with van der Waals surface area (Å²) in [5.41, 5.74) is 2.77. The lowest BCUT2D eigenvalue weighted by Crippen LogP contribution is -2.32. The number of hydrogen-bond donors (Lipinski definition) is 1. The molecule has 2 aromatic rings. The van der Waals surface area contributed by atoms with Gasteiger partial charge in [0.25, 0.3) is 0 Å². The summed E-state index contributed by atoms with van der Waals surface area (Å²) in [5.74, 6) is -0.0549. The van der Waals surface area contributed by atoms with E-state index in [1.165, 1.54) is 16.9 Å². The van der Waals surface area contributed by atoms with Gasteiger partial charge in [-0.05, 0) is 37.1 Å². The van der Waals surface area contributed by atoms with Crippen LogP contribution >= 0.6 is 22.9 Å². The van der Waals surface area contributed by atoms with Crippen LogP contribution in [0.5, 0.6) is 0 Å². The fourth-order valence-electron chi connectivity index (χ4n) is 2.68. The first-order valence-electron chi connectivity index (χ1n) is 6.78. The number of amides is 1. The normalized spacial score (nSPS) is 18.8. The summed E-state index contributed by atoms with van der Waals surface area (Å²) in [6.45, 7) is 1.28. The molecule has 1 amide bonds. The molecule has 0 bridgehead atoms. The van der Waals surface area contributed by atoms with E-state index in [1.807, 2.05) is 18.2 Å². The Hall–Kier alpha value is -1.50. The molecule has 110 valence electrons. The second-order valence-electron chi connectivity index (χ2n) is 4.98. The van der Waals surface area contributed by atoms with Gasteiger partial charge in [0.1, 0.15) is 5.51 Å². The van der Waals surface area contributed by atoms with E-state index in [-0.39, 0.29) is 11.9 Å². The van der Waals surface area contributed by atoms with Crippen LogP contribution in [-0.2, 0) is 4.79 Å². The second kappa shape index (κ2) is 6.51. The van der Waals surface area contributed by atoms with E-state index in [1.54, 1.807) is 5.51 Å². The third kappa shape index (κ3) is 3.58. The van der Waals surface area contributed by atoms with E-state index >= 15 is 0 Å². The number of likely N-dealkylation sites (tertiary alicyclic amines) is 1. The molecule has 0 radical (unpaired) electrons. The Morgan fingerprint density at radius 3 is 3.19 bits per heavy atom. The molecule has 0 spiro atoms. The van der Waals surface area contributed by atoms with E-state index in [2.05, 4.69) is 26.5 Å². The highest BCUT2D eigenvalue weighted by atomic mass is 35.5. The Morgan fingerprint density at radius 1 is 1.52 bits per heavy atom. The van der Waals surface area contributed by atoms with Gasteiger partial charge in [0, 0.05) is 11.1 Å². The van der Waals surface area contributed by atoms with E-state index < -0.39 is 0 Å². The summed E-state index contributed by atoms with van der Waals surface area (Å²) < 4.78 is 0. The third-order valence-electron chi connectivity index (χ3n) is 3.55. The number of carbonyl (C=O) groups excluding carboxylic acids is 1. The number of rotatable bonds is 4. The van der Waals surface area contributed by atoms with Gasteiger partial charge >= 0.3 is 0 Å². The zero-order valence-electron chi connectivity index (χ0n) is 11.3. The maximum Gasteiger partial charge on any atom is 0.240 e. The number of hydrogen-bond acceptors (Lipinski definition) is 5. The number of nitrogens with zero attached hydrogens (tertiary/aromatic N) is 3. The summed E-state index contributed by atoms with van der Waals surface area (Å²) in [4.78, 5) is 14.3. The van der Waals surface area contributed by atoms with Gasteiger partial charge in [-0.1, -0.05) is 35.1 Å². The molecule has 1 aliphatic heterocycles. The average Bonchev–Trinajstić information content (AvgIpc) is 3.10. The molecule has 3 rings (SSSR count). The van der Waals surface area contributed by atoms with Crippen LogP contribution in [0, 0.1) is 0 Å². The maximum atomic E-state index is 12.1. The lowest BCUT2D eigenvalue weighted by molar-refractivity contribution is -0.117. The van der Waals surface area contributed by atoms with Crippen LogP contribution in [0.1, 0.15) is 24.4 Å². The van der Waals surface area contributed by atoms with Gasteiger partial charge in [-0.25, -0.2) is 0 Å². The predicted octanol–water partition coefficient (Wildman–Crippen LogP) is 2.97. The summed E-state index contributed by atoms with van der Waals surface area (Å²) in [7, 11) is 0. The first-order valence-corrected chi connectivity index (χ1v) is 8.03. The van der Waals surface area contributed by atoms with Crippen molar-refractivity contribution >= 4 is 34.0 Å². The number of anilines is 1. The number of carbonyl (C=O) groups is 1. The number of aromatic nitrogens is 2. The van der Waals surface area contributed by atoms with Gasteiger partial charge in [-0.3, -0.25) is 15.0 Å². The van der Waals surface area contributed by atoms with Crippen molar-refractivity contribution in [1.82, 2.24) is 15.1 Å². The monoisotopic (exact) mass is 322 g/mol. The molecule has 1 atom stereocenters. The maximum absolute atomic E-state index is 12.1. The summed E-state index contributed by atoms with van der Waals surface area (Å²) in [6, 6.07) is 8.12. The predicted molar refractivity (Wildman–Crippen MR) is 83.5 cm³/mol. The van der Waals surface area contributed by atoms with Crippen molar-refractivity contribution in [3.8, 4) is 0 Å². The van der Waals surface area contributed by atoms with Crippen LogP contribution in [0.25, 0.3) is 0 Å².